The van der Waals surface area contributed by atoms with Crippen molar-refractivity contribution in [3.8, 4) is 11.5 Å². The van der Waals surface area contributed by atoms with E-state index in [9.17, 15) is 15.3 Å². The van der Waals surface area contributed by atoms with E-state index in [1.807, 2.05) is 23.1 Å². The summed E-state index contributed by atoms with van der Waals surface area (Å²) in [6.45, 7) is 2.61. The molecular weight excluding hydrogens is 274 g/mol. The van der Waals surface area contributed by atoms with E-state index in [1.54, 1.807) is 0 Å². The lowest BCUT2D eigenvalue weighted by Crippen LogP contribution is -2.55. The summed E-state index contributed by atoms with van der Waals surface area (Å²) in [5.41, 5.74) is 1.12. The lowest BCUT2D eigenvalue weighted by atomic mass is 10.0. The number of rotatable bonds is 3. The molecule has 1 fully saturated rings. The van der Waals surface area contributed by atoms with Crippen molar-refractivity contribution in [2.45, 2.75) is 24.7 Å². The third kappa shape index (κ3) is 3.29. The number of β-amino-alcohol motifs (C(OH)–C–C–N with tert-alkyl or cyclic N) is 2. The minimum atomic E-state index is -1.05. The quantitative estimate of drug-likeness (QED) is 0.691. The monoisotopic (exact) mass is 295 g/mol. The molecule has 6 heteroatoms. The van der Waals surface area contributed by atoms with E-state index in [-0.39, 0.29) is 0 Å². The molecule has 3 rings (SSSR count). The van der Waals surface area contributed by atoms with Crippen LogP contribution in [0.2, 0.25) is 0 Å². The second-order valence-electron chi connectivity index (χ2n) is 5.61. The van der Waals surface area contributed by atoms with Crippen LogP contribution in [0, 0.1) is 0 Å². The van der Waals surface area contributed by atoms with Gasteiger partial charge in [0, 0.05) is 19.6 Å². The van der Waals surface area contributed by atoms with Crippen molar-refractivity contribution < 1.29 is 24.8 Å². The van der Waals surface area contributed by atoms with Crippen LogP contribution in [0.1, 0.15) is 5.56 Å². The van der Waals surface area contributed by atoms with Gasteiger partial charge in [0.15, 0.2) is 11.5 Å². The van der Waals surface area contributed by atoms with Gasteiger partial charge in [0.1, 0.15) is 19.3 Å². The van der Waals surface area contributed by atoms with E-state index in [0.29, 0.717) is 32.8 Å². The Balaban J connectivity index is 1.58. The van der Waals surface area contributed by atoms with Crippen LogP contribution in [0.5, 0.6) is 11.5 Å². The molecule has 0 amide bonds. The molecule has 116 valence electrons. The summed E-state index contributed by atoms with van der Waals surface area (Å²) in [7, 11) is 0. The molecule has 0 radical (unpaired) electrons. The first-order valence-electron chi connectivity index (χ1n) is 7.28. The van der Waals surface area contributed by atoms with E-state index < -0.39 is 18.3 Å². The van der Waals surface area contributed by atoms with Gasteiger partial charge in [-0.15, -0.1) is 0 Å². The summed E-state index contributed by atoms with van der Waals surface area (Å²) in [5.74, 6) is 1.55. The van der Waals surface area contributed by atoms with Gasteiger partial charge in [0.25, 0.3) is 0 Å². The van der Waals surface area contributed by atoms with Gasteiger partial charge in [-0.05, 0) is 24.1 Å². The van der Waals surface area contributed by atoms with Crippen molar-refractivity contribution in [3.63, 3.8) is 0 Å². The highest BCUT2D eigenvalue weighted by atomic mass is 16.6. The van der Waals surface area contributed by atoms with Crippen LogP contribution in [0.3, 0.4) is 0 Å². The van der Waals surface area contributed by atoms with E-state index in [4.69, 9.17) is 9.47 Å². The molecule has 2 atom stereocenters. The van der Waals surface area contributed by atoms with Crippen molar-refractivity contribution in [1.82, 2.24) is 4.90 Å². The fourth-order valence-electron chi connectivity index (χ4n) is 2.79. The lowest BCUT2D eigenvalue weighted by Gasteiger charge is -2.36. The zero-order chi connectivity index (χ0) is 14.8. The Labute approximate surface area is 123 Å². The number of hydrogen-bond donors (Lipinski definition) is 3. The first-order chi connectivity index (χ1) is 10.1. The lowest BCUT2D eigenvalue weighted by molar-refractivity contribution is -0.109. The third-order valence-corrected chi connectivity index (χ3v) is 4.00. The number of piperidine rings is 1. The largest absolute Gasteiger partial charge is 0.486 e. The highest BCUT2D eigenvalue weighted by Crippen LogP contribution is 2.30. The number of ether oxygens (including phenoxy) is 2. The van der Waals surface area contributed by atoms with Gasteiger partial charge in [-0.2, -0.15) is 0 Å². The summed E-state index contributed by atoms with van der Waals surface area (Å²) in [6.07, 6.45) is -2.05. The first kappa shape index (κ1) is 14.6. The van der Waals surface area contributed by atoms with Gasteiger partial charge in [0.2, 0.25) is 0 Å². The number of benzene rings is 1. The molecule has 0 bridgehead atoms. The Morgan fingerprint density at radius 2 is 1.67 bits per heavy atom. The topological polar surface area (TPSA) is 82.4 Å². The zero-order valence-electron chi connectivity index (χ0n) is 11.8. The predicted molar refractivity (Wildman–Crippen MR) is 75.6 cm³/mol. The molecule has 2 aliphatic heterocycles. The Bertz CT molecular complexity index is 483. The van der Waals surface area contributed by atoms with Crippen molar-refractivity contribution in [2.75, 3.05) is 32.8 Å². The Morgan fingerprint density at radius 1 is 1.00 bits per heavy atom. The molecule has 2 aliphatic rings. The molecule has 0 aliphatic carbocycles. The standard InChI is InChI=1S/C15H21NO5/c17-11-8-16(9-12(18)15(11)19)4-3-10-1-2-13-14(7-10)21-6-5-20-13/h1-2,7,11-12,15,17-19H,3-6,8-9H2. The van der Waals surface area contributed by atoms with Crippen molar-refractivity contribution in [1.29, 1.82) is 0 Å². The number of likely N-dealkylation sites (tertiary alicyclic amines) is 1. The molecule has 21 heavy (non-hydrogen) atoms. The van der Waals surface area contributed by atoms with Crippen LogP contribution in [0.25, 0.3) is 0 Å². The molecule has 2 unspecified atom stereocenters. The van der Waals surface area contributed by atoms with E-state index in [2.05, 4.69) is 0 Å². The molecule has 6 nitrogen and oxygen atoms in total. The summed E-state index contributed by atoms with van der Waals surface area (Å²) >= 11 is 0. The van der Waals surface area contributed by atoms with Gasteiger partial charge in [-0.25, -0.2) is 0 Å². The van der Waals surface area contributed by atoms with Crippen LogP contribution in [0.15, 0.2) is 18.2 Å². The van der Waals surface area contributed by atoms with Crippen molar-refractivity contribution in [3.05, 3.63) is 23.8 Å². The molecule has 0 aromatic heterocycles. The number of aliphatic hydroxyl groups is 3. The first-order valence-corrected chi connectivity index (χ1v) is 7.28. The Kier molecular flexibility index (Phi) is 4.30. The third-order valence-electron chi connectivity index (χ3n) is 4.00. The number of nitrogens with zero attached hydrogens (tertiary/aromatic N) is 1. The van der Waals surface area contributed by atoms with Crippen LogP contribution < -0.4 is 9.47 Å². The van der Waals surface area contributed by atoms with Crippen LogP contribution >= 0.6 is 0 Å². The summed E-state index contributed by atoms with van der Waals surface area (Å²) in [6, 6.07) is 5.88. The highest BCUT2D eigenvalue weighted by Gasteiger charge is 2.32. The average molecular weight is 295 g/mol. The van der Waals surface area contributed by atoms with Gasteiger partial charge in [0.05, 0.1) is 12.2 Å². The molecule has 1 saturated heterocycles. The Hall–Kier alpha value is -1.34. The molecule has 2 heterocycles. The Morgan fingerprint density at radius 3 is 2.38 bits per heavy atom. The number of hydrogen-bond acceptors (Lipinski definition) is 6. The van der Waals surface area contributed by atoms with Crippen molar-refractivity contribution in [2.24, 2.45) is 0 Å². The maximum atomic E-state index is 9.69. The zero-order valence-corrected chi connectivity index (χ0v) is 11.8. The SMILES string of the molecule is OC1CN(CCc2ccc3c(c2)OCCO3)CC(O)C1O. The van der Waals surface area contributed by atoms with Crippen molar-refractivity contribution >= 4 is 0 Å². The summed E-state index contributed by atoms with van der Waals surface area (Å²) in [5, 5.41) is 28.9. The fourth-order valence-corrected chi connectivity index (χ4v) is 2.79. The average Bonchev–Trinajstić information content (AvgIpc) is 2.50. The normalized spacial score (nSPS) is 29.4. The molecule has 0 spiro atoms. The second-order valence-corrected chi connectivity index (χ2v) is 5.61. The smallest absolute Gasteiger partial charge is 0.161 e. The van der Waals surface area contributed by atoms with Crippen LogP contribution in [-0.4, -0.2) is 71.4 Å². The number of aliphatic hydroxyl groups excluding tert-OH is 3. The highest BCUT2D eigenvalue weighted by molar-refractivity contribution is 5.43. The minimum absolute atomic E-state index is 0.378. The van der Waals surface area contributed by atoms with Gasteiger partial charge in [-0.3, -0.25) is 4.90 Å². The van der Waals surface area contributed by atoms with Gasteiger partial charge >= 0.3 is 0 Å². The molecule has 1 aromatic rings. The molecule has 1 aromatic carbocycles. The van der Waals surface area contributed by atoms with E-state index in [0.717, 1.165) is 23.5 Å². The molecular formula is C15H21NO5. The van der Waals surface area contributed by atoms with Gasteiger partial charge < -0.3 is 24.8 Å². The van der Waals surface area contributed by atoms with Crippen LogP contribution in [0.4, 0.5) is 0 Å². The summed E-state index contributed by atoms with van der Waals surface area (Å²) in [4.78, 5) is 1.96. The minimum Gasteiger partial charge on any atom is -0.486 e. The molecule has 3 N–H and O–H groups in total. The van der Waals surface area contributed by atoms with Crippen LogP contribution in [-0.2, 0) is 6.42 Å². The fraction of sp³-hybridized carbons (Fsp3) is 0.600. The maximum absolute atomic E-state index is 9.69. The second kappa shape index (κ2) is 6.19. The van der Waals surface area contributed by atoms with E-state index >= 15 is 0 Å². The maximum Gasteiger partial charge on any atom is 0.161 e. The molecule has 0 saturated carbocycles. The summed E-state index contributed by atoms with van der Waals surface area (Å²) < 4.78 is 11.0. The van der Waals surface area contributed by atoms with Gasteiger partial charge in [-0.1, -0.05) is 6.07 Å². The predicted octanol–water partition coefficient (Wildman–Crippen LogP) is -0.601. The van der Waals surface area contributed by atoms with E-state index in [1.165, 1.54) is 0 Å². The number of fused-ring (bicyclic) bond motifs is 1.